The van der Waals surface area contributed by atoms with Gasteiger partial charge >= 0.3 is 0 Å². The van der Waals surface area contributed by atoms with Gasteiger partial charge in [-0.3, -0.25) is 24.2 Å². The second-order valence-electron chi connectivity index (χ2n) is 12.4. The Kier molecular flexibility index (Phi) is 12.8. The molecule has 0 fully saturated rings. The van der Waals surface area contributed by atoms with Crippen molar-refractivity contribution in [2.45, 2.75) is 36.5 Å². The lowest BCUT2D eigenvalue weighted by atomic mass is 10.1. The van der Waals surface area contributed by atoms with Crippen LogP contribution in [0.1, 0.15) is 28.2 Å². The third-order valence-electron chi connectivity index (χ3n) is 8.10. The molecule has 0 aliphatic heterocycles. The summed E-state index contributed by atoms with van der Waals surface area (Å²) in [7, 11) is -8.26. The van der Waals surface area contributed by atoms with E-state index in [4.69, 9.17) is 38.7 Å². The molecule has 6 rings (SSSR count). The van der Waals surface area contributed by atoms with E-state index < -0.39 is 20.0 Å². The van der Waals surface area contributed by atoms with Crippen molar-refractivity contribution >= 4 is 66.4 Å². The molecule has 0 aliphatic carbocycles. The molecule has 7 N–H and O–H groups in total. The number of amides is 2. The number of anilines is 2. The average Bonchev–Trinajstić information content (AvgIpc) is 3.69. The topological polar surface area (TPSA) is 258 Å². The number of sulfonamides is 2. The summed E-state index contributed by atoms with van der Waals surface area (Å²) in [6.07, 6.45) is 0.0477. The van der Waals surface area contributed by atoms with Gasteiger partial charge in [0.25, 0.3) is 5.56 Å². The zero-order valence-electron chi connectivity index (χ0n) is 30.0. The molecule has 0 radical (unpaired) electrons. The smallest absolute Gasteiger partial charge is 0.264 e. The number of rotatable bonds is 10. The second kappa shape index (κ2) is 17.4. The van der Waals surface area contributed by atoms with E-state index in [-0.39, 0.29) is 68.4 Å². The van der Waals surface area contributed by atoms with E-state index in [0.29, 0.717) is 32.6 Å². The van der Waals surface area contributed by atoms with Crippen molar-refractivity contribution in [3.05, 3.63) is 146 Å². The summed E-state index contributed by atoms with van der Waals surface area (Å²) in [6, 6.07) is 27.1. The summed E-state index contributed by atoms with van der Waals surface area (Å²) in [5.74, 6) is -0.736. The van der Waals surface area contributed by atoms with Gasteiger partial charge < -0.3 is 10.6 Å². The number of benzene rings is 4. The molecular weight excluding hydrogens is 818 g/mol. The molecule has 294 valence electrons. The standard InChI is InChI=1S/C19H16ClN5O3S.C18H17ClN4O4S/c1-12-8-15(11-21)24-25(12)17-7-6-14(10-18(17)29(22,27)28)23-19(26)9-13-4-2-3-5-16(13)20;1-11-8-18(25)22-23(11)15-7-6-13(10-16(15)28(20,26)27)21-17(24)9-12-4-2-3-5-14(12)19/h2-8,10H,9H2,1H3,(H,23,26)(H2,22,27,28);2-8,10H,9H2,1H3,(H,21,24)(H,22,25)(H2,20,26,27). The quantitative estimate of drug-likeness (QED) is 0.130. The Hall–Kier alpha value is -6.07. The van der Waals surface area contributed by atoms with Gasteiger partial charge in [0.1, 0.15) is 15.9 Å². The zero-order chi connectivity index (χ0) is 41.7. The van der Waals surface area contributed by atoms with Crippen LogP contribution in [-0.4, -0.2) is 48.2 Å². The molecule has 0 aliphatic rings. The Bertz CT molecular complexity index is 2850. The molecule has 0 unspecified atom stereocenters. The predicted molar refractivity (Wildman–Crippen MR) is 214 cm³/mol. The number of aromatic amines is 1. The van der Waals surface area contributed by atoms with E-state index in [1.165, 1.54) is 57.9 Å². The highest BCUT2D eigenvalue weighted by atomic mass is 35.5. The SMILES string of the molecule is Cc1cc(=O)[nH]n1-c1ccc(NC(=O)Cc2ccccc2Cl)cc1S(N)(=O)=O.Cc1cc(C#N)nn1-c1ccc(NC(=O)Cc2ccccc2Cl)cc1S(N)(=O)=O. The van der Waals surface area contributed by atoms with Crippen molar-refractivity contribution in [3.8, 4) is 17.4 Å². The number of hydrogen-bond acceptors (Lipinski definition) is 9. The maximum Gasteiger partial charge on any atom is 0.264 e. The summed E-state index contributed by atoms with van der Waals surface area (Å²) >= 11 is 12.1. The molecule has 0 atom stereocenters. The number of nitrogens with one attached hydrogen (secondary N) is 3. The molecule has 0 saturated heterocycles. The van der Waals surface area contributed by atoms with Crippen LogP contribution in [0.4, 0.5) is 11.4 Å². The molecule has 0 bridgehead atoms. The van der Waals surface area contributed by atoms with Crippen LogP contribution in [0, 0.1) is 25.2 Å². The minimum atomic E-state index is -4.14. The van der Waals surface area contributed by atoms with Gasteiger partial charge in [-0.2, -0.15) is 10.4 Å². The number of nitrogens with zero attached hydrogens (tertiary/aromatic N) is 4. The van der Waals surface area contributed by atoms with Crippen LogP contribution >= 0.6 is 23.2 Å². The van der Waals surface area contributed by atoms with E-state index in [2.05, 4.69) is 20.8 Å². The lowest BCUT2D eigenvalue weighted by Gasteiger charge is -2.13. The van der Waals surface area contributed by atoms with Crippen LogP contribution in [0.2, 0.25) is 10.0 Å². The normalized spacial score (nSPS) is 11.2. The fraction of sp³-hybridized carbons (Fsp3) is 0.108. The number of H-pyrrole nitrogens is 1. The average molecular weight is 851 g/mol. The van der Waals surface area contributed by atoms with Crippen LogP contribution in [0.25, 0.3) is 11.4 Å². The molecule has 2 amide bonds. The van der Waals surface area contributed by atoms with Gasteiger partial charge in [-0.15, -0.1) is 0 Å². The Morgan fingerprint density at radius 3 is 1.63 bits per heavy atom. The Balaban J connectivity index is 0.000000218. The van der Waals surface area contributed by atoms with Crippen molar-refractivity contribution < 1.29 is 26.4 Å². The van der Waals surface area contributed by atoms with Gasteiger partial charge in [0.2, 0.25) is 31.9 Å². The van der Waals surface area contributed by atoms with Crippen LogP contribution < -0.4 is 26.5 Å². The highest BCUT2D eigenvalue weighted by molar-refractivity contribution is 7.89. The molecule has 0 spiro atoms. The minimum absolute atomic E-state index is 0.0237. The fourth-order valence-corrected chi connectivity index (χ4v) is 7.43. The van der Waals surface area contributed by atoms with E-state index >= 15 is 0 Å². The highest BCUT2D eigenvalue weighted by Crippen LogP contribution is 2.26. The van der Waals surface area contributed by atoms with Crippen molar-refractivity contribution in [2.75, 3.05) is 10.6 Å². The van der Waals surface area contributed by atoms with E-state index in [0.717, 1.165) is 0 Å². The van der Waals surface area contributed by atoms with Gasteiger partial charge in [0, 0.05) is 38.9 Å². The molecule has 6 aromatic rings. The first-order chi connectivity index (χ1) is 26.8. The fourth-order valence-electron chi connectivity index (χ4n) is 5.55. The number of primary sulfonamides is 2. The maximum absolute atomic E-state index is 12.3. The molecule has 2 aromatic heterocycles. The number of halogens is 2. The lowest BCUT2D eigenvalue weighted by Crippen LogP contribution is -2.19. The summed E-state index contributed by atoms with van der Waals surface area (Å²) in [5.41, 5.74) is 2.96. The zero-order valence-corrected chi connectivity index (χ0v) is 33.2. The van der Waals surface area contributed by atoms with Gasteiger partial charge in [-0.25, -0.2) is 31.8 Å². The largest absolute Gasteiger partial charge is 0.326 e. The van der Waals surface area contributed by atoms with Gasteiger partial charge in [-0.05, 0) is 79.6 Å². The minimum Gasteiger partial charge on any atom is -0.326 e. The monoisotopic (exact) mass is 849 g/mol. The summed E-state index contributed by atoms with van der Waals surface area (Å²) < 4.78 is 51.0. The number of aromatic nitrogens is 4. The maximum atomic E-state index is 12.3. The molecule has 16 nitrogen and oxygen atoms in total. The van der Waals surface area contributed by atoms with Gasteiger partial charge in [-0.1, -0.05) is 59.6 Å². The number of hydrogen-bond donors (Lipinski definition) is 5. The molecule has 4 aromatic carbocycles. The van der Waals surface area contributed by atoms with Crippen molar-refractivity contribution in [1.29, 1.82) is 5.26 Å². The molecule has 0 saturated carbocycles. The molecule has 2 heterocycles. The first kappa shape index (κ1) is 42.1. The highest BCUT2D eigenvalue weighted by Gasteiger charge is 2.21. The van der Waals surface area contributed by atoms with E-state index in [9.17, 15) is 31.2 Å². The third-order valence-corrected chi connectivity index (χ3v) is 10.7. The van der Waals surface area contributed by atoms with E-state index in [1.54, 1.807) is 62.4 Å². The van der Waals surface area contributed by atoms with Crippen molar-refractivity contribution in [2.24, 2.45) is 10.3 Å². The lowest BCUT2D eigenvalue weighted by molar-refractivity contribution is -0.116. The number of carbonyl (C=O) groups is 2. The number of nitrogens with two attached hydrogens (primary N) is 2. The number of nitriles is 1. The second-order valence-corrected chi connectivity index (χ2v) is 16.3. The first-order valence-electron chi connectivity index (χ1n) is 16.5. The molecule has 20 heteroatoms. The van der Waals surface area contributed by atoms with Crippen LogP contribution in [0.15, 0.2) is 112 Å². The van der Waals surface area contributed by atoms with Gasteiger partial charge in [0.05, 0.1) is 24.2 Å². The third kappa shape index (κ3) is 10.6. The van der Waals surface area contributed by atoms with Crippen LogP contribution in [0.5, 0.6) is 0 Å². The predicted octanol–water partition coefficient (Wildman–Crippen LogP) is 4.49. The Morgan fingerprint density at radius 1 is 0.737 bits per heavy atom. The summed E-state index contributed by atoms with van der Waals surface area (Å²) in [6.45, 7) is 3.32. The Labute approximate surface area is 336 Å². The Morgan fingerprint density at radius 2 is 1.21 bits per heavy atom. The number of carbonyl (C=O) groups excluding carboxylic acids is 2. The van der Waals surface area contributed by atoms with Gasteiger partial charge in [0.15, 0.2) is 5.69 Å². The molecule has 57 heavy (non-hydrogen) atoms. The summed E-state index contributed by atoms with van der Waals surface area (Å²) in [4.78, 5) is 35.7. The van der Waals surface area contributed by atoms with Crippen molar-refractivity contribution in [1.82, 2.24) is 19.6 Å². The van der Waals surface area contributed by atoms with Crippen molar-refractivity contribution in [3.63, 3.8) is 0 Å². The van der Waals surface area contributed by atoms with E-state index in [1.807, 2.05) is 6.07 Å². The molecular formula is C37H33Cl2N9O7S2. The first-order valence-corrected chi connectivity index (χ1v) is 20.4. The summed E-state index contributed by atoms with van der Waals surface area (Å²) in [5, 5.41) is 32.5. The van der Waals surface area contributed by atoms with Crippen LogP contribution in [-0.2, 0) is 42.5 Å². The number of aryl methyl sites for hydroxylation is 2. The van der Waals surface area contributed by atoms with Crippen LogP contribution in [0.3, 0.4) is 0 Å².